The summed E-state index contributed by atoms with van der Waals surface area (Å²) < 4.78 is 15.6. The lowest BCUT2D eigenvalue weighted by atomic mass is 10.2. The number of hydrogen-bond acceptors (Lipinski definition) is 6. The molecule has 0 amide bonds. The van der Waals surface area contributed by atoms with E-state index < -0.39 is 5.97 Å². The zero-order chi connectivity index (χ0) is 14.8. The monoisotopic (exact) mass is 290 g/mol. The van der Waals surface area contributed by atoms with Gasteiger partial charge in [-0.2, -0.15) is 4.98 Å². The molecule has 0 radical (unpaired) electrons. The fraction of sp³-hybridized carbons (Fsp3) is 0.357. The Hall–Kier alpha value is -2.57. The highest BCUT2D eigenvalue weighted by Crippen LogP contribution is 2.38. The maximum atomic E-state index is 11.2. The summed E-state index contributed by atoms with van der Waals surface area (Å²) >= 11 is 0. The lowest BCUT2D eigenvalue weighted by Crippen LogP contribution is -2.04. The number of aromatic nitrogens is 2. The summed E-state index contributed by atoms with van der Waals surface area (Å²) in [6, 6.07) is 4.58. The van der Waals surface area contributed by atoms with Gasteiger partial charge in [-0.1, -0.05) is 5.16 Å². The molecular formula is C14H14N2O5. The number of carboxylic acid groups (broad SMARTS) is 1. The minimum absolute atomic E-state index is 0.0280. The fourth-order valence-electron chi connectivity index (χ4n) is 1.89. The van der Waals surface area contributed by atoms with Gasteiger partial charge in [0.1, 0.15) is 17.1 Å². The third kappa shape index (κ3) is 2.96. The van der Waals surface area contributed by atoms with Crippen LogP contribution in [-0.4, -0.2) is 28.3 Å². The van der Waals surface area contributed by atoms with Crippen molar-refractivity contribution in [2.75, 3.05) is 7.11 Å². The highest BCUT2D eigenvalue weighted by Gasteiger charge is 2.29. The second kappa shape index (κ2) is 5.43. The van der Waals surface area contributed by atoms with E-state index in [0.717, 1.165) is 12.8 Å². The molecule has 1 heterocycles. The Bertz CT molecular complexity index is 663. The number of benzene rings is 1. The van der Waals surface area contributed by atoms with Crippen molar-refractivity contribution >= 4 is 5.97 Å². The zero-order valence-corrected chi connectivity index (χ0v) is 11.4. The first-order valence-electron chi connectivity index (χ1n) is 6.54. The van der Waals surface area contributed by atoms with E-state index in [-0.39, 0.29) is 17.9 Å². The van der Waals surface area contributed by atoms with Crippen molar-refractivity contribution in [3.8, 4) is 11.5 Å². The molecule has 1 aliphatic carbocycles. The van der Waals surface area contributed by atoms with Gasteiger partial charge in [-0.25, -0.2) is 4.79 Å². The van der Waals surface area contributed by atoms with Gasteiger partial charge in [-0.15, -0.1) is 0 Å². The van der Waals surface area contributed by atoms with Gasteiger partial charge in [-0.3, -0.25) is 0 Å². The van der Waals surface area contributed by atoms with Crippen molar-refractivity contribution in [1.29, 1.82) is 0 Å². The van der Waals surface area contributed by atoms with E-state index in [0.29, 0.717) is 23.4 Å². The smallest absolute Gasteiger partial charge is 0.339 e. The summed E-state index contributed by atoms with van der Waals surface area (Å²) in [5, 5.41) is 13.0. The lowest BCUT2D eigenvalue weighted by Gasteiger charge is -2.08. The molecule has 1 N–H and O–H groups in total. The Balaban J connectivity index is 1.72. The first-order chi connectivity index (χ1) is 10.2. The maximum absolute atomic E-state index is 11.2. The van der Waals surface area contributed by atoms with E-state index in [1.165, 1.54) is 13.2 Å². The van der Waals surface area contributed by atoms with Crippen molar-refractivity contribution < 1.29 is 23.9 Å². The molecule has 1 aromatic carbocycles. The number of aromatic carboxylic acids is 1. The molecule has 2 aromatic rings. The number of rotatable bonds is 6. The van der Waals surface area contributed by atoms with Gasteiger partial charge in [0.05, 0.1) is 7.11 Å². The Morgan fingerprint density at radius 2 is 2.29 bits per heavy atom. The summed E-state index contributed by atoms with van der Waals surface area (Å²) in [4.78, 5) is 15.4. The fourth-order valence-corrected chi connectivity index (χ4v) is 1.89. The molecule has 1 aromatic heterocycles. The number of ether oxygens (including phenoxy) is 2. The predicted octanol–water partition coefficient (Wildman–Crippen LogP) is 2.23. The average molecular weight is 290 g/mol. The molecule has 0 saturated heterocycles. The van der Waals surface area contributed by atoms with Crippen LogP contribution in [0.1, 0.15) is 40.8 Å². The third-order valence-corrected chi connectivity index (χ3v) is 3.18. The normalized spacial score (nSPS) is 14.0. The molecule has 7 nitrogen and oxygen atoms in total. The lowest BCUT2D eigenvalue weighted by molar-refractivity contribution is 0.0691. The highest BCUT2D eigenvalue weighted by atomic mass is 16.5. The van der Waals surface area contributed by atoms with Gasteiger partial charge in [0.15, 0.2) is 6.61 Å². The van der Waals surface area contributed by atoms with Crippen molar-refractivity contribution in [3.63, 3.8) is 0 Å². The van der Waals surface area contributed by atoms with Crippen LogP contribution in [0.3, 0.4) is 0 Å². The van der Waals surface area contributed by atoms with E-state index >= 15 is 0 Å². The van der Waals surface area contributed by atoms with Crippen LogP contribution in [0.15, 0.2) is 22.7 Å². The highest BCUT2D eigenvalue weighted by molar-refractivity contribution is 5.91. The second-order valence-electron chi connectivity index (χ2n) is 4.78. The van der Waals surface area contributed by atoms with Crippen molar-refractivity contribution in [3.05, 3.63) is 35.5 Å². The van der Waals surface area contributed by atoms with Gasteiger partial charge in [0.2, 0.25) is 11.7 Å². The standard InChI is InChI=1S/C14H14N2O5/c1-19-9-4-5-11(10(6-9)14(17)18)20-7-12-15-13(21-16-12)8-2-3-8/h4-6,8H,2-3,7H2,1H3,(H,17,18). The van der Waals surface area contributed by atoms with Crippen LogP contribution < -0.4 is 9.47 Å². The van der Waals surface area contributed by atoms with Gasteiger partial charge < -0.3 is 19.1 Å². The van der Waals surface area contributed by atoms with Crippen molar-refractivity contribution in [1.82, 2.24) is 10.1 Å². The van der Waals surface area contributed by atoms with Crippen LogP contribution >= 0.6 is 0 Å². The Labute approximate surface area is 120 Å². The minimum Gasteiger partial charge on any atom is -0.497 e. The molecule has 0 aliphatic heterocycles. The third-order valence-electron chi connectivity index (χ3n) is 3.18. The first-order valence-corrected chi connectivity index (χ1v) is 6.54. The molecule has 0 bridgehead atoms. The molecule has 1 fully saturated rings. The summed E-state index contributed by atoms with van der Waals surface area (Å²) in [5.41, 5.74) is 0.0280. The second-order valence-corrected chi connectivity index (χ2v) is 4.78. The summed E-state index contributed by atoms with van der Waals surface area (Å²) in [6.45, 7) is 0.0584. The van der Waals surface area contributed by atoms with Crippen molar-refractivity contribution in [2.24, 2.45) is 0 Å². The molecule has 21 heavy (non-hydrogen) atoms. The van der Waals surface area contributed by atoms with E-state index in [2.05, 4.69) is 10.1 Å². The summed E-state index contributed by atoms with van der Waals surface area (Å²) in [6.07, 6.45) is 2.15. The predicted molar refractivity (Wildman–Crippen MR) is 70.6 cm³/mol. The number of nitrogens with zero attached hydrogens (tertiary/aromatic N) is 2. The molecule has 1 saturated carbocycles. The average Bonchev–Trinajstić information content (AvgIpc) is 3.24. The first kappa shape index (κ1) is 13.4. The van der Waals surface area contributed by atoms with Crippen LogP contribution in [0.5, 0.6) is 11.5 Å². The SMILES string of the molecule is COc1ccc(OCc2noc(C3CC3)n2)c(C(=O)O)c1. The molecule has 0 atom stereocenters. The van der Waals surface area contributed by atoms with Gasteiger partial charge in [0.25, 0.3) is 0 Å². The molecular weight excluding hydrogens is 276 g/mol. The molecule has 0 unspecified atom stereocenters. The van der Waals surface area contributed by atoms with E-state index in [9.17, 15) is 9.90 Å². The van der Waals surface area contributed by atoms with Crippen LogP contribution in [0.25, 0.3) is 0 Å². The number of hydrogen-bond donors (Lipinski definition) is 1. The number of methoxy groups -OCH3 is 1. The van der Waals surface area contributed by atoms with Crippen LogP contribution in [0, 0.1) is 0 Å². The quantitative estimate of drug-likeness (QED) is 0.871. The number of carbonyl (C=O) groups is 1. The summed E-state index contributed by atoms with van der Waals surface area (Å²) in [5.74, 6) is 1.01. The van der Waals surface area contributed by atoms with Crippen LogP contribution in [0.2, 0.25) is 0 Å². The Kier molecular flexibility index (Phi) is 3.47. The van der Waals surface area contributed by atoms with E-state index in [1.54, 1.807) is 12.1 Å². The van der Waals surface area contributed by atoms with Crippen LogP contribution in [0.4, 0.5) is 0 Å². The molecule has 3 rings (SSSR count). The minimum atomic E-state index is -1.09. The molecule has 0 spiro atoms. The topological polar surface area (TPSA) is 94.7 Å². The van der Waals surface area contributed by atoms with Crippen molar-refractivity contribution in [2.45, 2.75) is 25.4 Å². The molecule has 7 heteroatoms. The largest absolute Gasteiger partial charge is 0.497 e. The van der Waals surface area contributed by atoms with Gasteiger partial charge in [-0.05, 0) is 31.0 Å². The Morgan fingerprint density at radius 3 is 2.95 bits per heavy atom. The van der Waals surface area contributed by atoms with Crippen LogP contribution in [-0.2, 0) is 6.61 Å². The van der Waals surface area contributed by atoms with Gasteiger partial charge in [0, 0.05) is 5.92 Å². The van der Waals surface area contributed by atoms with Gasteiger partial charge >= 0.3 is 5.97 Å². The molecule has 1 aliphatic rings. The Morgan fingerprint density at radius 1 is 1.48 bits per heavy atom. The maximum Gasteiger partial charge on any atom is 0.339 e. The number of carboxylic acids is 1. The van der Waals surface area contributed by atoms with E-state index in [1.807, 2.05) is 0 Å². The summed E-state index contributed by atoms with van der Waals surface area (Å²) in [7, 11) is 1.47. The van der Waals surface area contributed by atoms with E-state index in [4.69, 9.17) is 14.0 Å². The molecule has 110 valence electrons. The zero-order valence-electron chi connectivity index (χ0n) is 11.4.